The first kappa shape index (κ1) is 13.6. The van der Waals surface area contributed by atoms with Crippen LogP contribution < -0.4 is 0 Å². The smallest absolute Gasteiger partial charge is 0.146 e. The van der Waals surface area contributed by atoms with Crippen molar-refractivity contribution in [2.24, 2.45) is 0 Å². The molecule has 1 aromatic heterocycles. The number of aromatic hydroxyl groups is 1. The number of benzene rings is 2. The van der Waals surface area contributed by atoms with E-state index in [-0.39, 0.29) is 5.75 Å². The Labute approximate surface area is 124 Å². The molecule has 3 rings (SSSR count). The SMILES string of the molecule is CCCCCc1cccc(-n2nc3ccccc3n2)c1O. The van der Waals surface area contributed by atoms with Crippen LogP contribution in [0.2, 0.25) is 0 Å². The van der Waals surface area contributed by atoms with E-state index in [2.05, 4.69) is 17.1 Å². The van der Waals surface area contributed by atoms with E-state index in [9.17, 15) is 5.11 Å². The summed E-state index contributed by atoms with van der Waals surface area (Å²) in [6, 6.07) is 13.5. The molecule has 1 heterocycles. The van der Waals surface area contributed by atoms with Gasteiger partial charge in [-0.1, -0.05) is 44.0 Å². The van der Waals surface area contributed by atoms with E-state index in [1.54, 1.807) is 0 Å². The molecule has 0 aliphatic rings. The van der Waals surface area contributed by atoms with Gasteiger partial charge in [0, 0.05) is 0 Å². The van der Waals surface area contributed by atoms with Gasteiger partial charge in [-0.3, -0.25) is 0 Å². The maximum atomic E-state index is 10.5. The standard InChI is InChI=1S/C17H19N3O/c1-2-3-4-8-13-9-7-12-16(17(13)21)20-18-14-10-5-6-11-15(14)19-20/h5-7,9-12,21H,2-4,8H2,1H3. The van der Waals surface area contributed by atoms with E-state index in [4.69, 9.17) is 0 Å². The number of fused-ring (bicyclic) bond motifs is 1. The Kier molecular flexibility index (Phi) is 3.86. The van der Waals surface area contributed by atoms with Crippen LogP contribution in [0.15, 0.2) is 42.5 Å². The van der Waals surface area contributed by atoms with Gasteiger partial charge in [0.25, 0.3) is 0 Å². The first-order valence-corrected chi connectivity index (χ1v) is 7.43. The largest absolute Gasteiger partial charge is 0.505 e. The normalized spacial score (nSPS) is 11.1. The molecule has 0 bridgehead atoms. The van der Waals surface area contributed by atoms with Crippen LogP contribution in [-0.2, 0) is 6.42 Å². The highest BCUT2D eigenvalue weighted by Crippen LogP contribution is 2.27. The molecule has 21 heavy (non-hydrogen) atoms. The van der Waals surface area contributed by atoms with Gasteiger partial charge < -0.3 is 5.11 Å². The zero-order chi connectivity index (χ0) is 14.7. The van der Waals surface area contributed by atoms with Gasteiger partial charge in [0.2, 0.25) is 0 Å². The van der Waals surface area contributed by atoms with Crippen molar-refractivity contribution in [3.8, 4) is 11.4 Å². The maximum Gasteiger partial charge on any atom is 0.146 e. The summed E-state index contributed by atoms with van der Waals surface area (Å²) in [5.41, 5.74) is 3.25. The van der Waals surface area contributed by atoms with Gasteiger partial charge in [-0.15, -0.1) is 15.0 Å². The molecule has 0 radical (unpaired) electrons. The molecular weight excluding hydrogens is 262 g/mol. The second-order valence-corrected chi connectivity index (χ2v) is 5.22. The van der Waals surface area contributed by atoms with Crippen molar-refractivity contribution in [2.45, 2.75) is 32.6 Å². The monoisotopic (exact) mass is 281 g/mol. The molecule has 0 unspecified atom stereocenters. The molecule has 0 fully saturated rings. The fourth-order valence-corrected chi connectivity index (χ4v) is 2.47. The van der Waals surface area contributed by atoms with Gasteiger partial charge in [-0.2, -0.15) is 0 Å². The van der Waals surface area contributed by atoms with Crippen LogP contribution in [-0.4, -0.2) is 20.1 Å². The van der Waals surface area contributed by atoms with E-state index in [0.717, 1.165) is 29.4 Å². The maximum absolute atomic E-state index is 10.5. The minimum atomic E-state index is 0.286. The van der Waals surface area contributed by atoms with Crippen molar-refractivity contribution in [3.63, 3.8) is 0 Å². The third kappa shape index (κ3) is 2.75. The van der Waals surface area contributed by atoms with Crippen molar-refractivity contribution in [3.05, 3.63) is 48.0 Å². The van der Waals surface area contributed by atoms with Gasteiger partial charge in [-0.25, -0.2) is 0 Å². The van der Waals surface area contributed by atoms with Crippen molar-refractivity contribution < 1.29 is 5.11 Å². The van der Waals surface area contributed by atoms with Gasteiger partial charge in [0.05, 0.1) is 0 Å². The summed E-state index contributed by atoms with van der Waals surface area (Å²) in [6.07, 6.45) is 4.32. The number of hydrogen-bond acceptors (Lipinski definition) is 3. The predicted octanol–water partition coefficient (Wildman–Crippen LogP) is 3.86. The van der Waals surface area contributed by atoms with E-state index >= 15 is 0 Å². The lowest BCUT2D eigenvalue weighted by molar-refractivity contribution is 0.459. The summed E-state index contributed by atoms with van der Waals surface area (Å²) in [6.45, 7) is 2.18. The van der Waals surface area contributed by atoms with Gasteiger partial charge >= 0.3 is 0 Å². The lowest BCUT2D eigenvalue weighted by atomic mass is 10.1. The third-order valence-corrected chi connectivity index (χ3v) is 3.65. The molecule has 108 valence electrons. The molecule has 3 aromatic rings. The van der Waals surface area contributed by atoms with Crippen LogP contribution in [0.5, 0.6) is 5.75 Å². The summed E-state index contributed by atoms with van der Waals surface area (Å²) < 4.78 is 0. The Hall–Kier alpha value is -2.36. The number of aryl methyl sites for hydroxylation is 1. The molecule has 0 spiro atoms. The molecule has 1 N–H and O–H groups in total. The van der Waals surface area contributed by atoms with Crippen LogP contribution in [0.3, 0.4) is 0 Å². The molecular formula is C17H19N3O. The van der Waals surface area contributed by atoms with Gasteiger partial charge in [0.1, 0.15) is 22.5 Å². The molecule has 4 heteroatoms. The summed E-state index contributed by atoms with van der Waals surface area (Å²) in [5.74, 6) is 0.286. The molecule has 2 aromatic carbocycles. The zero-order valence-corrected chi connectivity index (χ0v) is 12.2. The van der Waals surface area contributed by atoms with Crippen molar-refractivity contribution >= 4 is 11.0 Å². The Balaban J connectivity index is 1.96. The number of unbranched alkanes of at least 4 members (excludes halogenated alkanes) is 2. The highest BCUT2D eigenvalue weighted by Gasteiger charge is 2.11. The van der Waals surface area contributed by atoms with Gasteiger partial charge in [0.15, 0.2) is 0 Å². The summed E-state index contributed by atoms with van der Waals surface area (Å²) in [4.78, 5) is 1.52. The molecule has 0 atom stereocenters. The predicted molar refractivity (Wildman–Crippen MR) is 83.8 cm³/mol. The van der Waals surface area contributed by atoms with Crippen molar-refractivity contribution in [2.75, 3.05) is 0 Å². The lowest BCUT2D eigenvalue weighted by Crippen LogP contribution is -2.00. The summed E-state index contributed by atoms with van der Waals surface area (Å²) in [7, 11) is 0. The number of aromatic nitrogens is 3. The summed E-state index contributed by atoms with van der Waals surface area (Å²) >= 11 is 0. The van der Waals surface area contributed by atoms with E-state index in [0.29, 0.717) is 5.69 Å². The molecule has 0 aliphatic carbocycles. The van der Waals surface area contributed by atoms with Crippen LogP contribution in [0.1, 0.15) is 31.7 Å². The van der Waals surface area contributed by atoms with Crippen LogP contribution in [0.25, 0.3) is 16.7 Å². The molecule has 0 saturated carbocycles. The Bertz CT molecular complexity index is 716. The number of phenolic OH excluding ortho intramolecular Hbond substituents is 1. The fourth-order valence-electron chi connectivity index (χ4n) is 2.47. The van der Waals surface area contributed by atoms with E-state index in [1.165, 1.54) is 17.6 Å². The summed E-state index contributed by atoms with van der Waals surface area (Å²) in [5, 5.41) is 19.3. The quantitative estimate of drug-likeness (QED) is 0.722. The molecule has 4 nitrogen and oxygen atoms in total. The first-order valence-electron chi connectivity index (χ1n) is 7.43. The first-order chi connectivity index (χ1) is 10.3. The highest BCUT2D eigenvalue weighted by atomic mass is 16.3. The second-order valence-electron chi connectivity index (χ2n) is 5.22. The number of hydrogen-bond donors (Lipinski definition) is 1. The minimum absolute atomic E-state index is 0.286. The van der Waals surface area contributed by atoms with Crippen LogP contribution in [0, 0.1) is 0 Å². The van der Waals surface area contributed by atoms with Crippen molar-refractivity contribution in [1.82, 2.24) is 15.0 Å². The third-order valence-electron chi connectivity index (χ3n) is 3.65. The number of para-hydroxylation sites is 1. The van der Waals surface area contributed by atoms with E-state index in [1.807, 2.05) is 42.5 Å². The minimum Gasteiger partial charge on any atom is -0.505 e. The van der Waals surface area contributed by atoms with Gasteiger partial charge in [-0.05, 0) is 36.6 Å². The van der Waals surface area contributed by atoms with Crippen molar-refractivity contribution in [1.29, 1.82) is 0 Å². The molecule has 0 aliphatic heterocycles. The number of rotatable bonds is 5. The molecule has 0 amide bonds. The lowest BCUT2D eigenvalue weighted by Gasteiger charge is -2.08. The fraction of sp³-hybridized carbons (Fsp3) is 0.294. The molecule has 0 saturated heterocycles. The average Bonchev–Trinajstić information content (AvgIpc) is 2.93. The Morgan fingerprint density at radius 3 is 2.33 bits per heavy atom. The Morgan fingerprint density at radius 1 is 0.952 bits per heavy atom. The van der Waals surface area contributed by atoms with E-state index < -0.39 is 0 Å². The van der Waals surface area contributed by atoms with Crippen LogP contribution >= 0.6 is 0 Å². The Morgan fingerprint density at radius 2 is 1.67 bits per heavy atom. The average molecular weight is 281 g/mol. The number of nitrogens with zero attached hydrogens (tertiary/aromatic N) is 3. The topological polar surface area (TPSA) is 50.9 Å². The highest BCUT2D eigenvalue weighted by molar-refractivity contribution is 5.73. The number of phenols is 1. The van der Waals surface area contributed by atoms with Crippen LogP contribution in [0.4, 0.5) is 0 Å². The zero-order valence-electron chi connectivity index (χ0n) is 12.2. The second kappa shape index (κ2) is 5.95.